The number of aromatic nitrogens is 3. The summed E-state index contributed by atoms with van der Waals surface area (Å²) in [4.78, 5) is 16.5. The summed E-state index contributed by atoms with van der Waals surface area (Å²) in [6, 6.07) is 7.54. The number of pyridine rings is 1. The van der Waals surface area contributed by atoms with Gasteiger partial charge in [0.15, 0.2) is 5.82 Å². The van der Waals surface area contributed by atoms with E-state index < -0.39 is 5.76 Å². The van der Waals surface area contributed by atoms with E-state index in [0.29, 0.717) is 12.4 Å². The van der Waals surface area contributed by atoms with Gasteiger partial charge in [-0.3, -0.25) is 14.1 Å². The van der Waals surface area contributed by atoms with Gasteiger partial charge in [0.1, 0.15) is 0 Å². The molecule has 0 saturated carbocycles. The second kappa shape index (κ2) is 4.58. The summed E-state index contributed by atoms with van der Waals surface area (Å²) < 4.78 is 6.26. The number of hydrogen-bond acceptors (Lipinski definition) is 5. The van der Waals surface area contributed by atoms with Gasteiger partial charge in [0.05, 0.1) is 11.4 Å². The molecule has 90 valence electrons. The van der Waals surface area contributed by atoms with Gasteiger partial charge in [-0.25, -0.2) is 4.79 Å². The van der Waals surface area contributed by atoms with E-state index in [0.717, 1.165) is 10.4 Å². The van der Waals surface area contributed by atoms with Crippen LogP contribution >= 0.6 is 11.3 Å². The maximum absolute atomic E-state index is 11.7. The van der Waals surface area contributed by atoms with Crippen molar-refractivity contribution in [2.24, 2.45) is 0 Å². The highest BCUT2D eigenvalue weighted by Crippen LogP contribution is 2.22. The van der Waals surface area contributed by atoms with E-state index in [1.54, 1.807) is 12.4 Å². The lowest BCUT2D eigenvalue weighted by Crippen LogP contribution is -2.16. The molecule has 0 atom stereocenters. The van der Waals surface area contributed by atoms with Crippen molar-refractivity contribution >= 4 is 11.3 Å². The van der Waals surface area contributed by atoms with Gasteiger partial charge in [-0.05, 0) is 29.1 Å². The molecule has 3 rings (SSSR count). The number of nitrogens with zero attached hydrogens (tertiary/aromatic N) is 3. The molecule has 0 N–H and O–H groups in total. The highest BCUT2D eigenvalue weighted by atomic mass is 32.1. The van der Waals surface area contributed by atoms with Gasteiger partial charge in [-0.15, -0.1) is 11.3 Å². The first-order valence-electron chi connectivity index (χ1n) is 5.34. The van der Waals surface area contributed by atoms with Crippen LogP contribution in [0.25, 0.3) is 10.7 Å². The molecule has 0 radical (unpaired) electrons. The molecule has 0 aliphatic heterocycles. The molecule has 0 aliphatic rings. The second-order valence-corrected chi connectivity index (χ2v) is 4.64. The van der Waals surface area contributed by atoms with E-state index in [9.17, 15) is 4.79 Å². The normalized spacial score (nSPS) is 10.7. The number of rotatable bonds is 3. The minimum absolute atomic E-state index is 0.429. The predicted molar refractivity (Wildman–Crippen MR) is 67.4 cm³/mol. The van der Waals surface area contributed by atoms with E-state index in [2.05, 4.69) is 10.1 Å². The van der Waals surface area contributed by atoms with Crippen molar-refractivity contribution < 1.29 is 4.52 Å². The third kappa shape index (κ3) is 1.98. The van der Waals surface area contributed by atoms with E-state index in [1.165, 1.54) is 15.9 Å². The van der Waals surface area contributed by atoms with Gasteiger partial charge < -0.3 is 0 Å². The molecule has 0 aromatic carbocycles. The molecule has 3 heterocycles. The Bertz CT molecular complexity index is 686. The Morgan fingerprint density at radius 3 is 2.83 bits per heavy atom. The molecule has 0 spiro atoms. The average Bonchev–Trinajstić information content (AvgIpc) is 3.02. The molecule has 18 heavy (non-hydrogen) atoms. The summed E-state index contributed by atoms with van der Waals surface area (Å²) in [7, 11) is 0. The van der Waals surface area contributed by atoms with Crippen molar-refractivity contribution in [3.63, 3.8) is 0 Å². The molecule has 3 aromatic rings. The lowest BCUT2D eigenvalue weighted by Gasteiger charge is -2.02. The fraction of sp³-hybridized carbons (Fsp3) is 0.0833. The Hall–Kier alpha value is -2.21. The SMILES string of the molecule is O=c1onc(-c2cccs2)n1Cc1ccncc1. The number of thiophene rings is 1. The van der Waals surface area contributed by atoms with E-state index >= 15 is 0 Å². The van der Waals surface area contributed by atoms with Gasteiger partial charge in [0.2, 0.25) is 0 Å². The van der Waals surface area contributed by atoms with Crippen molar-refractivity contribution in [1.29, 1.82) is 0 Å². The maximum Gasteiger partial charge on any atom is 0.442 e. The minimum atomic E-state index is -0.449. The summed E-state index contributed by atoms with van der Waals surface area (Å²) in [5, 5.41) is 5.76. The van der Waals surface area contributed by atoms with Crippen LogP contribution in [0.5, 0.6) is 0 Å². The molecule has 0 unspecified atom stereocenters. The Morgan fingerprint density at radius 1 is 1.28 bits per heavy atom. The molecular formula is C12H9N3O2S. The Morgan fingerprint density at radius 2 is 2.11 bits per heavy atom. The predicted octanol–water partition coefficient (Wildman–Crippen LogP) is 2.01. The summed E-state index contributed by atoms with van der Waals surface area (Å²) in [6.45, 7) is 0.429. The smallest absolute Gasteiger partial charge is 0.295 e. The lowest BCUT2D eigenvalue weighted by molar-refractivity contribution is 0.378. The van der Waals surface area contributed by atoms with Gasteiger partial charge in [-0.1, -0.05) is 11.2 Å². The first-order chi connectivity index (χ1) is 8.84. The third-order valence-corrected chi connectivity index (χ3v) is 3.38. The van der Waals surface area contributed by atoms with Crippen LogP contribution < -0.4 is 5.76 Å². The molecule has 0 bridgehead atoms. The van der Waals surface area contributed by atoms with Crippen LogP contribution in [-0.2, 0) is 6.54 Å². The molecule has 5 nitrogen and oxygen atoms in total. The van der Waals surface area contributed by atoms with Crippen molar-refractivity contribution in [2.75, 3.05) is 0 Å². The van der Waals surface area contributed by atoms with Crippen LogP contribution in [0.1, 0.15) is 5.56 Å². The van der Waals surface area contributed by atoms with Crippen molar-refractivity contribution in [3.05, 3.63) is 58.2 Å². The fourth-order valence-electron chi connectivity index (χ4n) is 1.66. The third-order valence-electron chi connectivity index (χ3n) is 2.52. The Balaban J connectivity index is 2.02. The van der Waals surface area contributed by atoms with Crippen molar-refractivity contribution in [3.8, 4) is 10.7 Å². The van der Waals surface area contributed by atoms with Crippen molar-refractivity contribution in [2.45, 2.75) is 6.54 Å². The van der Waals surface area contributed by atoms with Crippen LogP contribution in [0.15, 0.2) is 51.4 Å². The van der Waals surface area contributed by atoms with E-state index in [-0.39, 0.29) is 0 Å². The summed E-state index contributed by atoms with van der Waals surface area (Å²) in [5.74, 6) is 0.113. The van der Waals surface area contributed by atoms with E-state index in [4.69, 9.17) is 4.52 Å². The molecule has 0 saturated heterocycles. The Labute approximate surface area is 106 Å². The van der Waals surface area contributed by atoms with Crippen LogP contribution in [0.3, 0.4) is 0 Å². The monoisotopic (exact) mass is 259 g/mol. The van der Waals surface area contributed by atoms with Crippen LogP contribution in [0.4, 0.5) is 0 Å². The zero-order valence-corrected chi connectivity index (χ0v) is 10.1. The van der Waals surface area contributed by atoms with Gasteiger partial charge in [0.25, 0.3) is 0 Å². The summed E-state index contributed by atoms with van der Waals surface area (Å²) in [5.41, 5.74) is 0.980. The minimum Gasteiger partial charge on any atom is -0.295 e. The van der Waals surface area contributed by atoms with E-state index in [1.807, 2.05) is 29.6 Å². The van der Waals surface area contributed by atoms with Gasteiger partial charge >= 0.3 is 5.76 Å². The van der Waals surface area contributed by atoms with Crippen LogP contribution in [-0.4, -0.2) is 14.7 Å². The van der Waals surface area contributed by atoms with Crippen LogP contribution in [0.2, 0.25) is 0 Å². The first-order valence-corrected chi connectivity index (χ1v) is 6.22. The summed E-state index contributed by atoms with van der Waals surface area (Å²) >= 11 is 1.52. The highest BCUT2D eigenvalue weighted by molar-refractivity contribution is 7.13. The molecule has 0 amide bonds. The zero-order valence-electron chi connectivity index (χ0n) is 9.31. The first kappa shape index (κ1) is 10.9. The summed E-state index contributed by atoms with van der Waals surface area (Å²) in [6.07, 6.45) is 3.39. The quantitative estimate of drug-likeness (QED) is 0.722. The van der Waals surface area contributed by atoms with Gasteiger partial charge in [0, 0.05) is 12.4 Å². The maximum atomic E-state index is 11.7. The average molecular weight is 259 g/mol. The standard InChI is InChI=1S/C12H9N3O2S/c16-12-15(8-9-3-5-13-6-4-9)11(14-17-12)10-2-1-7-18-10/h1-7H,8H2. The number of hydrogen-bond donors (Lipinski definition) is 0. The van der Waals surface area contributed by atoms with Gasteiger partial charge in [-0.2, -0.15) is 0 Å². The largest absolute Gasteiger partial charge is 0.442 e. The lowest BCUT2D eigenvalue weighted by atomic mass is 10.2. The second-order valence-electron chi connectivity index (χ2n) is 3.69. The Kier molecular flexibility index (Phi) is 2.77. The van der Waals surface area contributed by atoms with Crippen molar-refractivity contribution in [1.82, 2.24) is 14.7 Å². The highest BCUT2D eigenvalue weighted by Gasteiger charge is 2.13. The fourth-order valence-corrected chi connectivity index (χ4v) is 2.38. The van der Waals surface area contributed by atoms with Crippen LogP contribution in [0, 0.1) is 0 Å². The zero-order chi connectivity index (χ0) is 12.4. The molecule has 0 fully saturated rings. The topological polar surface area (TPSA) is 60.9 Å². The molecule has 0 aliphatic carbocycles. The molecule has 3 aromatic heterocycles. The molecule has 6 heteroatoms. The molecular weight excluding hydrogens is 250 g/mol.